The van der Waals surface area contributed by atoms with Gasteiger partial charge in [-0.15, -0.1) is 0 Å². The average Bonchev–Trinajstić information content (AvgIpc) is 2.13. The first-order valence-electron chi connectivity index (χ1n) is 4.86. The van der Waals surface area contributed by atoms with Crippen LogP contribution >= 0.6 is 0 Å². The molecule has 2 nitrogen and oxygen atoms in total. The molecular weight excluding hydrogens is 152 g/mol. The molecule has 2 aliphatic heterocycles. The minimum atomic E-state index is 0.0463. The summed E-state index contributed by atoms with van der Waals surface area (Å²) in [5, 5.41) is 0. The molecular formula is C10H16O2. The highest BCUT2D eigenvalue weighted by molar-refractivity contribution is 5.13. The summed E-state index contributed by atoms with van der Waals surface area (Å²) < 4.78 is 11.6. The lowest BCUT2D eigenvalue weighted by molar-refractivity contribution is -0.205. The van der Waals surface area contributed by atoms with Gasteiger partial charge in [-0.1, -0.05) is 6.92 Å². The zero-order chi connectivity index (χ0) is 8.56. The van der Waals surface area contributed by atoms with Gasteiger partial charge in [0, 0.05) is 11.8 Å². The summed E-state index contributed by atoms with van der Waals surface area (Å²) in [5.74, 6) is 0.716. The van der Waals surface area contributed by atoms with Gasteiger partial charge in [0.15, 0.2) is 6.29 Å². The van der Waals surface area contributed by atoms with Crippen LogP contribution in [0.4, 0.5) is 0 Å². The molecule has 0 amide bonds. The maximum absolute atomic E-state index is 5.86. The third kappa shape index (κ3) is 0.612. The van der Waals surface area contributed by atoms with Crippen LogP contribution in [0.2, 0.25) is 0 Å². The maximum Gasteiger partial charge on any atom is 0.159 e. The van der Waals surface area contributed by atoms with Crippen molar-refractivity contribution in [3.63, 3.8) is 0 Å². The molecule has 1 saturated carbocycles. The molecule has 0 aromatic heterocycles. The van der Waals surface area contributed by atoms with Crippen molar-refractivity contribution in [2.45, 2.75) is 51.6 Å². The second kappa shape index (κ2) is 1.73. The summed E-state index contributed by atoms with van der Waals surface area (Å²) in [6.45, 7) is 6.76. The van der Waals surface area contributed by atoms with Crippen molar-refractivity contribution < 1.29 is 9.47 Å². The van der Waals surface area contributed by atoms with Gasteiger partial charge >= 0.3 is 0 Å². The van der Waals surface area contributed by atoms with Gasteiger partial charge in [-0.3, -0.25) is 0 Å². The van der Waals surface area contributed by atoms with Gasteiger partial charge in [0.25, 0.3) is 0 Å². The standard InChI is InChI=1S/C10H16O2/c1-9(2)6-4-7-10(6,3)5-8(11-7)12-9/h6-8H,4-5H2,1-3H3/t6-,7-,8+,10+/m0/s1. The van der Waals surface area contributed by atoms with E-state index >= 15 is 0 Å². The van der Waals surface area contributed by atoms with Gasteiger partial charge in [-0.2, -0.15) is 0 Å². The zero-order valence-electron chi connectivity index (χ0n) is 7.96. The van der Waals surface area contributed by atoms with Gasteiger partial charge in [0.2, 0.25) is 0 Å². The van der Waals surface area contributed by atoms with Crippen LogP contribution in [-0.2, 0) is 9.47 Å². The monoisotopic (exact) mass is 168 g/mol. The molecule has 0 unspecified atom stereocenters. The van der Waals surface area contributed by atoms with Gasteiger partial charge in [-0.05, 0) is 26.2 Å². The van der Waals surface area contributed by atoms with Crippen molar-refractivity contribution in [2.24, 2.45) is 11.3 Å². The quantitative estimate of drug-likeness (QED) is 0.550. The summed E-state index contributed by atoms with van der Waals surface area (Å²) in [4.78, 5) is 0. The smallest absolute Gasteiger partial charge is 0.159 e. The fourth-order valence-electron chi connectivity index (χ4n) is 3.46. The number of hydrogen-bond donors (Lipinski definition) is 0. The second-order valence-electron chi connectivity index (χ2n) is 5.27. The van der Waals surface area contributed by atoms with E-state index in [4.69, 9.17) is 9.47 Å². The molecule has 0 aromatic carbocycles. The molecule has 3 aliphatic rings. The molecule has 2 saturated heterocycles. The van der Waals surface area contributed by atoms with E-state index in [1.54, 1.807) is 0 Å². The fraction of sp³-hybridized carbons (Fsp3) is 1.00. The van der Waals surface area contributed by atoms with Crippen molar-refractivity contribution in [1.82, 2.24) is 0 Å². The number of rotatable bonds is 0. The van der Waals surface area contributed by atoms with Crippen LogP contribution in [0.15, 0.2) is 0 Å². The Balaban J connectivity index is 2.02. The fourth-order valence-corrected chi connectivity index (χ4v) is 3.46. The van der Waals surface area contributed by atoms with Crippen LogP contribution in [0.3, 0.4) is 0 Å². The van der Waals surface area contributed by atoms with Crippen molar-refractivity contribution in [3.8, 4) is 0 Å². The van der Waals surface area contributed by atoms with Gasteiger partial charge in [-0.25, -0.2) is 0 Å². The van der Waals surface area contributed by atoms with Crippen molar-refractivity contribution in [3.05, 3.63) is 0 Å². The Kier molecular flexibility index (Phi) is 1.06. The lowest BCUT2D eigenvalue weighted by Crippen LogP contribution is -2.58. The Morgan fingerprint density at radius 1 is 1.25 bits per heavy atom. The lowest BCUT2D eigenvalue weighted by Gasteiger charge is -2.56. The molecule has 3 rings (SSSR count). The minimum Gasteiger partial charge on any atom is -0.349 e. The third-order valence-electron chi connectivity index (χ3n) is 4.18. The molecule has 68 valence electrons. The molecule has 0 spiro atoms. The predicted octanol–water partition coefficient (Wildman–Crippen LogP) is 1.94. The minimum absolute atomic E-state index is 0.0463. The number of ether oxygens (including phenoxy) is 2. The van der Waals surface area contributed by atoms with E-state index in [2.05, 4.69) is 20.8 Å². The zero-order valence-corrected chi connectivity index (χ0v) is 7.96. The van der Waals surface area contributed by atoms with Crippen LogP contribution in [0, 0.1) is 11.3 Å². The molecule has 4 atom stereocenters. The van der Waals surface area contributed by atoms with Crippen LogP contribution in [0.5, 0.6) is 0 Å². The maximum atomic E-state index is 5.86. The Morgan fingerprint density at radius 3 is 2.75 bits per heavy atom. The highest BCUT2D eigenvalue weighted by Gasteiger charge is 2.67. The predicted molar refractivity (Wildman–Crippen MR) is 44.7 cm³/mol. The molecule has 2 heterocycles. The molecule has 2 bridgehead atoms. The van der Waals surface area contributed by atoms with E-state index < -0.39 is 0 Å². The first kappa shape index (κ1) is 7.34. The molecule has 0 aromatic rings. The second-order valence-corrected chi connectivity index (χ2v) is 5.27. The van der Waals surface area contributed by atoms with Crippen LogP contribution < -0.4 is 0 Å². The summed E-state index contributed by atoms with van der Waals surface area (Å²) in [6, 6.07) is 0. The summed E-state index contributed by atoms with van der Waals surface area (Å²) in [6.07, 6.45) is 2.91. The normalized spacial score (nSPS) is 59.8. The van der Waals surface area contributed by atoms with Crippen molar-refractivity contribution in [2.75, 3.05) is 0 Å². The number of hydrogen-bond acceptors (Lipinski definition) is 2. The Labute approximate surface area is 73.2 Å². The SMILES string of the molecule is CC1(C)O[C@@H]2C[C@@]3(C)[C@H](C[C@@H]13)O2. The largest absolute Gasteiger partial charge is 0.349 e. The third-order valence-corrected chi connectivity index (χ3v) is 4.18. The Hall–Kier alpha value is -0.0800. The molecule has 2 heteroatoms. The average molecular weight is 168 g/mol. The van der Waals surface area contributed by atoms with Crippen molar-refractivity contribution >= 4 is 0 Å². The van der Waals surface area contributed by atoms with Gasteiger partial charge in [0.1, 0.15) is 0 Å². The van der Waals surface area contributed by atoms with E-state index in [0.29, 0.717) is 17.4 Å². The first-order chi connectivity index (χ1) is 5.52. The molecule has 0 N–H and O–H groups in total. The van der Waals surface area contributed by atoms with Gasteiger partial charge in [0.05, 0.1) is 11.7 Å². The first-order valence-corrected chi connectivity index (χ1v) is 4.86. The van der Waals surface area contributed by atoms with Crippen molar-refractivity contribution in [1.29, 1.82) is 0 Å². The Bertz CT molecular complexity index is 236. The molecule has 0 radical (unpaired) electrons. The van der Waals surface area contributed by atoms with E-state index in [1.807, 2.05) is 0 Å². The molecule has 1 aliphatic carbocycles. The van der Waals surface area contributed by atoms with E-state index in [-0.39, 0.29) is 11.9 Å². The molecule has 3 fully saturated rings. The van der Waals surface area contributed by atoms with E-state index in [9.17, 15) is 0 Å². The molecule has 12 heavy (non-hydrogen) atoms. The topological polar surface area (TPSA) is 18.5 Å². The lowest BCUT2D eigenvalue weighted by atomic mass is 9.52. The highest BCUT2D eigenvalue weighted by Crippen LogP contribution is 2.64. The van der Waals surface area contributed by atoms with Crippen LogP contribution in [0.1, 0.15) is 33.6 Å². The Morgan fingerprint density at radius 2 is 2.00 bits per heavy atom. The van der Waals surface area contributed by atoms with Crippen LogP contribution in [0.25, 0.3) is 0 Å². The summed E-state index contributed by atoms with van der Waals surface area (Å²) in [5.41, 5.74) is 0.483. The van der Waals surface area contributed by atoms with E-state index in [0.717, 1.165) is 6.42 Å². The highest BCUT2D eigenvalue weighted by atomic mass is 16.7. The summed E-state index contributed by atoms with van der Waals surface area (Å²) >= 11 is 0. The summed E-state index contributed by atoms with van der Waals surface area (Å²) in [7, 11) is 0. The van der Waals surface area contributed by atoms with Gasteiger partial charge < -0.3 is 9.47 Å². The number of fused-ring (bicyclic) bond motifs is 1. The van der Waals surface area contributed by atoms with E-state index in [1.165, 1.54) is 6.42 Å². The van der Waals surface area contributed by atoms with Crippen LogP contribution in [-0.4, -0.2) is 18.0 Å².